The number of nitrogens with one attached hydrogen (secondary N) is 1. The minimum Gasteiger partial charge on any atom is -0.475 e. The van der Waals surface area contributed by atoms with Crippen LogP contribution < -0.4 is 15.4 Å². The van der Waals surface area contributed by atoms with Crippen molar-refractivity contribution in [2.45, 2.75) is 32.8 Å². The van der Waals surface area contributed by atoms with Gasteiger partial charge in [0.2, 0.25) is 17.7 Å². The molecule has 12 heteroatoms. The molecule has 2 amide bonds. The van der Waals surface area contributed by atoms with Crippen LogP contribution in [-0.2, 0) is 16.6 Å². The average molecular weight is 660 g/mol. The molecule has 3 aliphatic heterocycles. The molecule has 7 rings (SSSR count). The van der Waals surface area contributed by atoms with Gasteiger partial charge in [-0.2, -0.15) is 5.10 Å². The van der Waals surface area contributed by atoms with Crippen molar-refractivity contribution < 1.29 is 14.3 Å². The minimum absolute atomic E-state index is 0.00265. The van der Waals surface area contributed by atoms with Gasteiger partial charge >= 0.3 is 0 Å². The molecule has 0 bridgehead atoms. The fourth-order valence-corrected chi connectivity index (χ4v) is 6.96. The summed E-state index contributed by atoms with van der Waals surface area (Å²) in [5.41, 5.74) is 11.7. The Kier molecular flexibility index (Phi) is 8.49. The number of nitrogens with zero attached hydrogens (tertiary/aromatic N) is 7. The van der Waals surface area contributed by atoms with E-state index < -0.39 is 5.41 Å². The van der Waals surface area contributed by atoms with Crippen LogP contribution >= 0.6 is 0 Å². The number of pyridine rings is 1. The molecule has 0 aliphatic carbocycles. The zero-order valence-corrected chi connectivity index (χ0v) is 28.1. The molecular weight excluding hydrogens is 618 g/mol. The van der Waals surface area contributed by atoms with Gasteiger partial charge in [0.05, 0.1) is 23.8 Å². The molecule has 0 radical (unpaired) electrons. The maximum atomic E-state index is 13.8. The van der Waals surface area contributed by atoms with E-state index in [1.807, 2.05) is 50.1 Å². The van der Waals surface area contributed by atoms with E-state index in [4.69, 9.17) is 15.9 Å². The van der Waals surface area contributed by atoms with Gasteiger partial charge in [0, 0.05) is 80.1 Å². The van der Waals surface area contributed by atoms with E-state index in [0.717, 1.165) is 29.7 Å². The highest BCUT2D eigenvalue weighted by molar-refractivity contribution is 6.14. The molecule has 0 unspecified atom stereocenters. The lowest BCUT2D eigenvalue weighted by Crippen LogP contribution is -2.61. The van der Waals surface area contributed by atoms with Gasteiger partial charge in [0.25, 0.3) is 0 Å². The van der Waals surface area contributed by atoms with Crippen molar-refractivity contribution in [2.24, 2.45) is 12.5 Å². The van der Waals surface area contributed by atoms with E-state index in [0.29, 0.717) is 67.8 Å². The number of carbonyl (C=O) groups is 2. The predicted octanol–water partition coefficient (Wildman–Crippen LogP) is 4.02. The number of aromatic nitrogens is 4. The Morgan fingerprint density at radius 1 is 1.04 bits per heavy atom. The number of rotatable bonds is 9. The number of amides is 2. The van der Waals surface area contributed by atoms with Crippen molar-refractivity contribution in [2.75, 3.05) is 49.9 Å². The second kappa shape index (κ2) is 12.9. The van der Waals surface area contributed by atoms with E-state index in [2.05, 4.69) is 38.2 Å². The molecule has 5 heterocycles. The summed E-state index contributed by atoms with van der Waals surface area (Å²) in [5.74, 6) is 1.35. The molecule has 2 fully saturated rings. The maximum Gasteiger partial charge on any atom is 0.237 e. The second-order valence-corrected chi connectivity index (χ2v) is 13.5. The molecule has 2 aromatic carbocycles. The SMILES string of the molecule is CC(C)Oc1ccc(C(=N)c2cc(N3CCC4(CN(CC(=O)N5CC=C(c6ccc(-c7ncn(C)n7)cc6)CC5)C4)C3=O)ccc2N)cn1. The number of aryl methyl sites for hydroxylation is 1. The summed E-state index contributed by atoms with van der Waals surface area (Å²) in [6.07, 6.45) is 6.95. The van der Waals surface area contributed by atoms with Crippen LogP contribution in [0.2, 0.25) is 0 Å². The third kappa shape index (κ3) is 6.43. The van der Waals surface area contributed by atoms with Crippen molar-refractivity contribution in [3.8, 4) is 17.3 Å². The summed E-state index contributed by atoms with van der Waals surface area (Å²) in [4.78, 5) is 41.4. The van der Waals surface area contributed by atoms with Gasteiger partial charge in [-0.05, 0) is 62.1 Å². The molecule has 252 valence electrons. The topological polar surface area (TPSA) is 147 Å². The number of nitrogen functional groups attached to an aromatic ring is 1. The Morgan fingerprint density at radius 2 is 1.82 bits per heavy atom. The highest BCUT2D eigenvalue weighted by Crippen LogP contribution is 2.43. The molecule has 2 aromatic heterocycles. The summed E-state index contributed by atoms with van der Waals surface area (Å²) in [6, 6.07) is 17.2. The van der Waals surface area contributed by atoms with Crippen LogP contribution in [0, 0.1) is 10.8 Å². The maximum absolute atomic E-state index is 13.8. The Morgan fingerprint density at radius 3 is 2.47 bits per heavy atom. The molecule has 12 nitrogen and oxygen atoms in total. The number of carbonyl (C=O) groups excluding carboxylic acids is 2. The number of anilines is 2. The lowest BCUT2D eigenvalue weighted by atomic mass is 9.78. The molecular formula is C37H41N9O3. The molecule has 0 saturated carbocycles. The zero-order chi connectivity index (χ0) is 34.3. The van der Waals surface area contributed by atoms with Gasteiger partial charge in [0.1, 0.15) is 6.33 Å². The Bertz CT molecular complexity index is 1930. The molecule has 4 aromatic rings. The van der Waals surface area contributed by atoms with Gasteiger partial charge in [-0.25, -0.2) is 9.97 Å². The fraction of sp³-hybridized carbons (Fsp3) is 0.351. The third-order valence-electron chi connectivity index (χ3n) is 9.60. The number of likely N-dealkylation sites (tertiary alicyclic amines) is 1. The van der Waals surface area contributed by atoms with Crippen LogP contribution in [0.1, 0.15) is 43.4 Å². The molecule has 3 aliphatic rings. The first-order valence-corrected chi connectivity index (χ1v) is 16.7. The molecule has 3 N–H and O–H groups in total. The van der Waals surface area contributed by atoms with Crippen LogP contribution in [0.5, 0.6) is 5.88 Å². The number of hydrogen-bond donors (Lipinski definition) is 2. The smallest absolute Gasteiger partial charge is 0.237 e. The largest absolute Gasteiger partial charge is 0.475 e. The van der Waals surface area contributed by atoms with E-state index in [9.17, 15) is 9.59 Å². The summed E-state index contributed by atoms with van der Waals surface area (Å²) < 4.78 is 7.31. The third-order valence-corrected chi connectivity index (χ3v) is 9.60. The molecule has 2 saturated heterocycles. The first-order valence-electron chi connectivity index (χ1n) is 16.7. The second-order valence-electron chi connectivity index (χ2n) is 13.5. The number of ether oxygens (including phenoxy) is 1. The van der Waals surface area contributed by atoms with Crippen LogP contribution in [0.25, 0.3) is 17.0 Å². The highest BCUT2D eigenvalue weighted by Gasteiger charge is 2.55. The summed E-state index contributed by atoms with van der Waals surface area (Å²) in [5, 5.41) is 13.2. The van der Waals surface area contributed by atoms with Crippen LogP contribution in [0.3, 0.4) is 0 Å². The summed E-state index contributed by atoms with van der Waals surface area (Å²) in [7, 11) is 1.85. The van der Waals surface area contributed by atoms with Gasteiger partial charge in [-0.1, -0.05) is 30.3 Å². The predicted molar refractivity (Wildman–Crippen MR) is 188 cm³/mol. The standard InChI is InChI=1S/C37H41N9O3/c1-24(2)49-32-11-8-28(19-40-32)34(39)30-18-29(9-10-31(30)38)46-17-14-37(36(46)48)21-44(22-37)20-33(47)45-15-12-26(13-16-45)25-4-6-27(7-5-25)35-41-23-43(3)42-35/h4-12,18-19,23-24,39H,13-17,20-22,38H2,1-3H3. The van der Waals surface area contributed by atoms with Gasteiger partial charge in [-0.3, -0.25) is 24.6 Å². The number of benzene rings is 2. The monoisotopic (exact) mass is 659 g/mol. The van der Waals surface area contributed by atoms with Crippen molar-refractivity contribution in [3.05, 3.63) is 89.9 Å². The Balaban J connectivity index is 0.930. The summed E-state index contributed by atoms with van der Waals surface area (Å²) in [6.45, 7) is 7.12. The average Bonchev–Trinajstić information content (AvgIpc) is 3.68. The van der Waals surface area contributed by atoms with E-state index in [1.54, 1.807) is 40.3 Å². The molecule has 1 spiro atoms. The van der Waals surface area contributed by atoms with Gasteiger partial charge < -0.3 is 20.3 Å². The Hall–Kier alpha value is -5.36. The first-order chi connectivity index (χ1) is 23.6. The lowest BCUT2D eigenvalue weighted by molar-refractivity contribution is -0.142. The highest BCUT2D eigenvalue weighted by atomic mass is 16.5. The van der Waals surface area contributed by atoms with Crippen LogP contribution in [-0.4, -0.2) is 92.4 Å². The Labute approximate surface area is 285 Å². The van der Waals surface area contributed by atoms with E-state index >= 15 is 0 Å². The van der Waals surface area contributed by atoms with Gasteiger partial charge in [-0.15, -0.1) is 0 Å². The van der Waals surface area contributed by atoms with Crippen molar-refractivity contribution >= 4 is 34.5 Å². The van der Waals surface area contributed by atoms with E-state index in [-0.39, 0.29) is 23.6 Å². The van der Waals surface area contributed by atoms with Gasteiger partial charge in [0.15, 0.2) is 5.82 Å². The van der Waals surface area contributed by atoms with Crippen LogP contribution in [0.15, 0.2) is 73.2 Å². The minimum atomic E-state index is -0.489. The molecule has 49 heavy (non-hydrogen) atoms. The number of nitrogens with two attached hydrogens (primary N) is 1. The van der Waals surface area contributed by atoms with Crippen molar-refractivity contribution in [1.82, 2.24) is 29.5 Å². The van der Waals surface area contributed by atoms with Crippen LogP contribution in [0.4, 0.5) is 11.4 Å². The fourth-order valence-electron chi connectivity index (χ4n) is 6.96. The normalized spacial score (nSPS) is 17.4. The zero-order valence-electron chi connectivity index (χ0n) is 28.1. The van der Waals surface area contributed by atoms with Crippen molar-refractivity contribution in [3.63, 3.8) is 0 Å². The lowest BCUT2D eigenvalue weighted by Gasteiger charge is -2.46. The van der Waals surface area contributed by atoms with Crippen molar-refractivity contribution in [1.29, 1.82) is 5.41 Å². The molecule has 0 atom stereocenters. The number of hydrogen-bond acceptors (Lipinski definition) is 9. The summed E-state index contributed by atoms with van der Waals surface area (Å²) >= 11 is 0. The first kappa shape index (κ1) is 32.2. The quantitative estimate of drug-likeness (QED) is 0.202. The van der Waals surface area contributed by atoms with E-state index in [1.165, 1.54) is 5.57 Å².